The van der Waals surface area contributed by atoms with Gasteiger partial charge in [0.25, 0.3) is 0 Å². The molecular formula is C19H18F3N7O. The number of imidazole rings is 1. The first-order valence-electron chi connectivity index (χ1n) is 9.21. The first kappa shape index (κ1) is 19.7. The first-order valence-corrected chi connectivity index (χ1v) is 9.21. The molecule has 1 aromatic carbocycles. The van der Waals surface area contributed by atoms with Crippen LogP contribution in [0.15, 0.2) is 36.9 Å². The number of hydrogen-bond donors (Lipinski definition) is 1. The van der Waals surface area contributed by atoms with Crippen molar-refractivity contribution in [2.75, 3.05) is 36.4 Å². The minimum Gasteiger partial charge on any atom is -0.353 e. The normalized spacial score (nSPS) is 14.1. The number of urea groups is 1. The minimum absolute atomic E-state index is 0.348. The van der Waals surface area contributed by atoms with E-state index in [9.17, 15) is 18.0 Å². The molecule has 1 saturated heterocycles. The molecular weight excluding hydrogens is 399 g/mol. The van der Waals surface area contributed by atoms with Crippen LogP contribution in [-0.4, -0.2) is 56.6 Å². The summed E-state index contributed by atoms with van der Waals surface area (Å²) in [5, 5.41) is 2.29. The average molecular weight is 417 g/mol. The highest BCUT2D eigenvalue weighted by Crippen LogP contribution is 2.21. The van der Waals surface area contributed by atoms with Crippen LogP contribution in [0.5, 0.6) is 0 Å². The molecule has 156 valence electrons. The van der Waals surface area contributed by atoms with Gasteiger partial charge in [0.15, 0.2) is 17.5 Å². The third-order valence-electron chi connectivity index (χ3n) is 4.75. The highest BCUT2D eigenvalue weighted by Gasteiger charge is 2.24. The molecule has 1 aliphatic rings. The van der Waals surface area contributed by atoms with Gasteiger partial charge in [-0.25, -0.2) is 32.9 Å². The quantitative estimate of drug-likeness (QED) is 0.663. The lowest BCUT2D eigenvalue weighted by Crippen LogP contribution is -2.50. The maximum Gasteiger partial charge on any atom is 0.322 e. The summed E-state index contributed by atoms with van der Waals surface area (Å²) in [6, 6.07) is 3.00. The number of rotatable bonds is 3. The van der Waals surface area contributed by atoms with Gasteiger partial charge >= 0.3 is 6.03 Å². The number of halogens is 3. The van der Waals surface area contributed by atoms with Crippen molar-refractivity contribution in [1.82, 2.24) is 24.4 Å². The topological polar surface area (TPSA) is 79.2 Å². The molecule has 0 saturated carbocycles. The zero-order valence-corrected chi connectivity index (χ0v) is 16.0. The Morgan fingerprint density at radius 1 is 1.03 bits per heavy atom. The predicted molar refractivity (Wildman–Crippen MR) is 103 cm³/mol. The number of piperazine rings is 1. The summed E-state index contributed by atoms with van der Waals surface area (Å²) in [4.78, 5) is 28.8. The summed E-state index contributed by atoms with van der Waals surface area (Å²) in [5.74, 6) is -2.35. The van der Waals surface area contributed by atoms with Crippen molar-refractivity contribution in [3.05, 3.63) is 60.2 Å². The third-order valence-corrected chi connectivity index (χ3v) is 4.75. The van der Waals surface area contributed by atoms with E-state index in [0.717, 1.165) is 18.0 Å². The van der Waals surface area contributed by atoms with Crippen LogP contribution in [0.2, 0.25) is 0 Å². The van der Waals surface area contributed by atoms with E-state index in [-0.39, 0.29) is 0 Å². The van der Waals surface area contributed by atoms with E-state index in [1.165, 1.54) is 4.90 Å². The molecule has 0 bridgehead atoms. The van der Waals surface area contributed by atoms with Gasteiger partial charge in [0, 0.05) is 44.6 Å². The number of carbonyl (C=O) groups is 1. The molecule has 0 radical (unpaired) electrons. The van der Waals surface area contributed by atoms with E-state index in [4.69, 9.17) is 0 Å². The zero-order chi connectivity index (χ0) is 21.3. The SMILES string of the molecule is Cc1nc(N2CCN(C(=O)Nc3ccc(F)c(F)c3F)CC2)cc(-n2ccnc2)n1. The van der Waals surface area contributed by atoms with Crippen LogP contribution >= 0.6 is 0 Å². The molecule has 4 rings (SSSR count). The average Bonchev–Trinajstić information content (AvgIpc) is 3.29. The van der Waals surface area contributed by atoms with Crippen molar-refractivity contribution in [3.63, 3.8) is 0 Å². The summed E-state index contributed by atoms with van der Waals surface area (Å²) in [5.41, 5.74) is -0.405. The van der Waals surface area contributed by atoms with Gasteiger partial charge in [-0.15, -0.1) is 0 Å². The molecule has 0 unspecified atom stereocenters. The third kappa shape index (κ3) is 3.91. The maximum atomic E-state index is 13.8. The second-order valence-electron chi connectivity index (χ2n) is 6.73. The molecule has 0 atom stereocenters. The van der Waals surface area contributed by atoms with Gasteiger partial charge in [0.1, 0.15) is 23.8 Å². The molecule has 8 nitrogen and oxygen atoms in total. The molecule has 1 aliphatic heterocycles. The fourth-order valence-corrected chi connectivity index (χ4v) is 3.18. The summed E-state index contributed by atoms with van der Waals surface area (Å²) < 4.78 is 42.0. The fourth-order valence-electron chi connectivity index (χ4n) is 3.18. The lowest BCUT2D eigenvalue weighted by molar-refractivity contribution is 0.208. The predicted octanol–water partition coefficient (Wildman–Crippen LogP) is 2.74. The van der Waals surface area contributed by atoms with Crippen molar-refractivity contribution in [2.45, 2.75) is 6.92 Å². The lowest BCUT2D eigenvalue weighted by Gasteiger charge is -2.35. The molecule has 1 N–H and O–H groups in total. The van der Waals surface area contributed by atoms with Gasteiger partial charge in [0.05, 0.1) is 5.69 Å². The van der Waals surface area contributed by atoms with Crippen molar-refractivity contribution in [3.8, 4) is 5.82 Å². The summed E-state index contributed by atoms with van der Waals surface area (Å²) in [7, 11) is 0. The largest absolute Gasteiger partial charge is 0.353 e. The van der Waals surface area contributed by atoms with Gasteiger partial charge in [-0.3, -0.25) is 4.57 Å². The number of carbonyl (C=O) groups excluding carboxylic acids is 1. The zero-order valence-electron chi connectivity index (χ0n) is 16.0. The van der Waals surface area contributed by atoms with Crippen molar-refractivity contribution >= 4 is 17.5 Å². The van der Waals surface area contributed by atoms with Crippen LogP contribution in [0.25, 0.3) is 5.82 Å². The number of nitrogens with one attached hydrogen (secondary N) is 1. The van der Waals surface area contributed by atoms with E-state index >= 15 is 0 Å². The molecule has 30 heavy (non-hydrogen) atoms. The Morgan fingerprint density at radius 3 is 2.47 bits per heavy atom. The summed E-state index contributed by atoms with van der Waals surface area (Å²) in [6.07, 6.45) is 5.08. The van der Waals surface area contributed by atoms with Crippen LogP contribution in [-0.2, 0) is 0 Å². The molecule has 0 spiro atoms. The van der Waals surface area contributed by atoms with Gasteiger partial charge in [0.2, 0.25) is 0 Å². The second kappa shape index (κ2) is 8.01. The number of anilines is 2. The minimum atomic E-state index is -1.62. The van der Waals surface area contributed by atoms with E-state index in [0.29, 0.717) is 37.8 Å². The summed E-state index contributed by atoms with van der Waals surface area (Å²) in [6.45, 7) is 3.48. The van der Waals surface area contributed by atoms with Crippen LogP contribution in [0.4, 0.5) is 29.5 Å². The lowest BCUT2D eigenvalue weighted by atomic mass is 10.2. The Kier molecular flexibility index (Phi) is 5.25. The number of hydrogen-bond acceptors (Lipinski definition) is 5. The van der Waals surface area contributed by atoms with Gasteiger partial charge in [-0.05, 0) is 19.1 Å². The Morgan fingerprint density at radius 2 is 1.77 bits per heavy atom. The number of benzene rings is 1. The van der Waals surface area contributed by atoms with E-state index in [2.05, 4.69) is 20.3 Å². The maximum absolute atomic E-state index is 13.8. The molecule has 3 heterocycles. The Labute approximate surface area is 170 Å². The van der Waals surface area contributed by atoms with Crippen LogP contribution < -0.4 is 10.2 Å². The Balaban J connectivity index is 1.42. The monoisotopic (exact) mass is 417 g/mol. The van der Waals surface area contributed by atoms with Crippen LogP contribution in [0.1, 0.15) is 5.82 Å². The molecule has 1 fully saturated rings. The van der Waals surface area contributed by atoms with E-state index < -0.39 is 29.2 Å². The Hall–Kier alpha value is -3.63. The van der Waals surface area contributed by atoms with Gasteiger partial charge in [-0.2, -0.15) is 0 Å². The molecule has 11 heteroatoms. The van der Waals surface area contributed by atoms with Gasteiger partial charge in [-0.1, -0.05) is 0 Å². The van der Waals surface area contributed by atoms with Gasteiger partial charge < -0.3 is 15.1 Å². The molecule has 2 aromatic heterocycles. The number of aryl methyl sites for hydroxylation is 1. The number of amides is 2. The van der Waals surface area contributed by atoms with E-state index in [1.54, 1.807) is 30.2 Å². The number of nitrogens with zero attached hydrogens (tertiary/aromatic N) is 6. The van der Waals surface area contributed by atoms with Crippen molar-refractivity contribution in [2.24, 2.45) is 0 Å². The molecule has 0 aliphatic carbocycles. The highest BCUT2D eigenvalue weighted by molar-refractivity contribution is 5.89. The van der Waals surface area contributed by atoms with Crippen molar-refractivity contribution < 1.29 is 18.0 Å². The van der Waals surface area contributed by atoms with Crippen molar-refractivity contribution in [1.29, 1.82) is 0 Å². The van der Waals surface area contributed by atoms with Crippen LogP contribution in [0.3, 0.4) is 0 Å². The number of aromatic nitrogens is 4. The smallest absolute Gasteiger partial charge is 0.322 e. The Bertz CT molecular complexity index is 1070. The first-order chi connectivity index (χ1) is 14.4. The second-order valence-corrected chi connectivity index (χ2v) is 6.73. The fraction of sp³-hybridized carbons (Fsp3) is 0.263. The van der Waals surface area contributed by atoms with Crippen LogP contribution in [0, 0.1) is 24.4 Å². The summed E-state index contributed by atoms with van der Waals surface area (Å²) >= 11 is 0. The van der Waals surface area contributed by atoms with E-state index in [1.807, 2.05) is 11.0 Å². The molecule has 2 amide bonds. The highest BCUT2D eigenvalue weighted by atomic mass is 19.2. The molecule has 3 aromatic rings. The standard InChI is InChI=1S/C19H18F3N7O/c1-12-24-15(10-16(25-12)29-5-4-23-11-29)27-6-8-28(9-7-27)19(30)26-14-3-2-13(20)17(21)18(14)22/h2-5,10-11H,6-9H2,1H3,(H,26,30).